The van der Waals surface area contributed by atoms with Gasteiger partial charge in [-0.05, 0) is 43.9 Å². The summed E-state index contributed by atoms with van der Waals surface area (Å²) < 4.78 is 0. The molecule has 0 bridgehead atoms. The van der Waals surface area contributed by atoms with Gasteiger partial charge in [-0.1, -0.05) is 0 Å². The zero-order chi connectivity index (χ0) is 13.2. The molecule has 0 radical (unpaired) electrons. The minimum Gasteiger partial charge on any atom is -0.339 e. The average molecular weight is 259 g/mol. The van der Waals surface area contributed by atoms with Gasteiger partial charge in [0.1, 0.15) is 0 Å². The Kier molecular flexibility index (Phi) is 3.51. The summed E-state index contributed by atoms with van der Waals surface area (Å²) >= 11 is 0. The predicted molar refractivity (Wildman–Crippen MR) is 74.0 cm³/mol. The largest absolute Gasteiger partial charge is 0.339 e. The SMILES string of the molecule is CN1CCc2c(cncc2C(=O)N2CCCCC2)C1. The second-order valence-electron chi connectivity index (χ2n) is 5.67. The van der Waals surface area contributed by atoms with Gasteiger partial charge < -0.3 is 9.80 Å². The molecule has 3 heterocycles. The number of likely N-dealkylation sites (tertiary alicyclic amines) is 1. The minimum absolute atomic E-state index is 0.189. The van der Waals surface area contributed by atoms with Crippen LogP contribution < -0.4 is 0 Å². The Balaban J connectivity index is 1.88. The van der Waals surface area contributed by atoms with Gasteiger partial charge in [0.05, 0.1) is 5.56 Å². The molecule has 1 aromatic rings. The molecule has 0 unspecified atom stereocenters. The van der Waals surface area contributed by atoms with Gasteiger partial charge in [-0.3, -0.25) is 9.78 Å². The van der Waals surface area contributed by atoms with Crippen molar-refractivity contribution in [3.05, 3.63) is 29.1 Å². The lowest BCUT2D eigenvalue weighted by atomic mass is 9.96. The van der Waals surface area contributed by atoms with Crippen molar-refractivity contribution in [1.29, 1.82) is 0 Å². The first-order chi connectivity index (χ1) is 9.25. The van der Waals surface area contributed by atoms with Gasteiger partial charge in [-0.25, -0.2) is 0 Å². The van der Waals surface area contributed by atoms with Gasteiger partial charge >= 0.3 is 0 Å². The molecule has 0 aliphatic carbocycles. The van der Waals surface area contributed by atoms with Crippen LogP contribution in [0.4, 0.5) is 0 Å². The summed E-state index contributed by atoms with van der Waals surface area (Å²) in [7, 11) is 2.11. The van der Waals surface area contributed by atoms with Gasteiger partial charge in [-0.15, -0.1) is 0 Å². The Hall–Kier alpha value is -1.42. The number of hydrogen-bond acceptors (Lipinski definition) is 3. The first kappa shape index (κ1) is 12.6. The monoisotopic (exact) mass is 259 g/mol. The summed E-state index contributed by atoms with van der Waals surface area (Å²) in [5.74, 6) is 0.189. The number of hydrogen-bond donors (Lipinski definition) is 0. The summed E-state index contributed by atoms with van der Waals surface area (Å²) in [6.07, 6.45) is 8.16. The first-order valence-electron chi connectivity index (χ1n) is 7.19. The Morgan fingerprint density at radius 3 is 2.74 bits per heavy atom. The molecule has 3 rings (SSSR count). The summed E-state index contributed by atoms with van der Waals surface area (Å²) in [5.41, 5.74) is 3.28. The third-order valence-electron chi connectivity index (χ3n) is 4.20. The number of rotatable bonds is 1. The topological polar surface area (TPSA) is 36.4 Å². The number of nitrogens with zero attached hydrogens (tertiary/aromatic N) is 3. The van der Waals surface area contributed by atoms with E-state index in [0.717, 1.165) is 51.0 Å². The second-order valence-corrected chi connectivity index (χ2v) is 5.67. The number of likely N-dealkylation sites (N-methyl/N-ethyl adjacent to an activating group) is 1. The molecular formula is C15H21N3O. The fraction of sp³-hybridized carbons (Fsp3) is 0.600. The molecule has 0 saturated carbocycles. The molecule has 1 fully saturated rings. The number of piperidine rings is 1. The van der Waals surface area contributed by atoms with Crippen molar-refractivity contribution in [3.63, 3.8) is 0 Å². The van der Waals surface area contributed by atoms with Crippen LogP contribution in [0, 0.1) is 0 Å². The lowest BCUT2D eigenvalue weighted by Crippen LogP contribution is -2.37. The van der Waals surface area contributed by atoms with Crippen LogP contribution >= 0.6 is 0 Å². The highest BCUT2D eigenvalue weighted by Gasteiger charge is 2.24. The molecule has 0 N–H and O–H groups in total. The van der Waals surface area contributed by atoms with E-state index in [1.54, 1.807) is 6.20 Å². The Morgan fingerprint density at radius 1 is 1.16 bits per heavy atom. The standard InChI is InChI=1S/C15H21N3O/c1-17-8-5-13-12(11-17)9-16-10-14(13)15(19)18-6-3-2-4-7-18/h9-10H,2-8,11H2,1H3. The van der Waals surface area contributed by atoms with E-state index in [4.69, 9.17) is 0 Å². The number of aromatic nitrogens is 1. The van der Waals surface area contributed by atoms with E-state index < -0.39 is 0 Å². The Morgan fingerprint density at radius 2 is 1.95 bits per heavy atom. The molecular weight excluding hydrogens is 238 g/mol. The zero-order valence-corrected chi connectivity index (χ0v) is 11.6. The molecule has 0 atom stereocenters. The van der Waals surface area contributed by atoms with E-state index >= 15 is 0 Å². The smallest absolute Gasteiger partial charge is 0.255 e. The average Bonchev–Trinajstić information content (AvgIpc) is 2.46. The first-order valence-corrected chi connectivity index (χ1v) is 7.19. The van der Waals surface area contributed by atoms with Crippen molar-refractivity contribution in [2.24, 2.45) is 0 Å². The van der Waals surface area contributed by atoms with Crippen molar-refractivity contribution in [2.45, 2.75) is 32.2 Å². The second kappa shape index (κ2) is 5.29. The molecule has 102 valence electrons. The number of pyridine rings is 1. The van der Waals surface area contributed by atoms with E-state index in [2.05, 4.69) is 16.9 Å². The lowest BCUT2D eigenvalue weighted by molar-refractivity contribution is 0.0722. The molecule has 0 spiro atoms. The summed E-state index contributed by atoms with van der Waals surface area (Å²) in [4.78, 5) is 21.2. The van der Waals surface area contributed by atoms with Crippen LogP contribution in [-0.4, -0.2) is 47.4 Å². The van der Waals surface area contributed by atoms with Crippen LogP contribution in [-0.2, 0) is 13.0 Å². The van der Waals surface area contributed by atoms with Crippen LogP contribution in [0.15, 0.2) is 12.4 Å². The van der Waals surface area contributed by atoms with Crippen LogP contribution in [0.3, 0.4) is 0 Å². The minimum atomic E-state index is 0.189. The fourth-order valence-electron chi connectivity index (χ4n) is 3.09. The fourth-order valence-corrected chi connectivity index (χ4v) is 3.09. The van der Waals surface area contributed by atoms with E-state index in [1.807, 2.05) is 11.1 Å². The highest BCUT2D eigenvalue weighted by molar-refractivity contribution is 5.95. The van der Waals surface area contributed by atoms with Crippen LogP contribution in [0.25, 0.3) is 0 Å². The summed E-state index contributed by atoms with van der Waals surface area (Å²) in [5, 5.41) is 0. The van der Waals surface area contributed by atoms with E-state index in [0.29, 0.717) is 0 Å². The molecule has 2 aliphatic heterocycles. The van der Waals surface area contributed by atoms with Gasteiger partial charge in [0.15, 0.2) is 0 Å². The Labute approximate surface area is 114 Å². The number of fused-ring (bicyclic) bond motifs is 1. The normalized spacial score (nSPS) is 20.2. The van der Waals surface area contributed by atoms with Crippen molar-refractivity contribution in [3.8, 4) is 0 Å². The third kappa shape index (κ3) is 2.50. The maximum absolute atomic E-state index is 12.6. The third-order valence-corrected chi connectivity index (χ3v) is 4.20. The summed E-state index contributed by atoms with van der Waals surface area (Å²) in [6.45, 7) is 3.74. The molecule has 1 saturated heterocycles. The molecule has 1 amide bonds. The van der Waals surface area contributed by atoms with Crippen molar-refractivity contribution in [2.75, 3.05) is 26.7 Å². The van der Waals surface area contributed by atoms with E-state index in [1.165, 1.54) is 17.5 Å². The van der Waals surface area contributed by atoms with Gasteiger partial charge in [0.2, 0.25) is 0 Å². The lowest BCUT2D eigenvalue weighted by Gasteiger charge is -2.30. The highest BCUT2D eigenvalue weighted by atomic mass is 16.2. The number of carbonyl (C=O) groups excluding carboxylic acids is 1. The van der Waals surface area contributed by atoms with Gasteiger partial charge in [0, 0.05) is 38.6 Å². The number of carbonyl (C=O) groups is 1. The molecule has 19 heavy (non-hydrogen) atoms. The molecule has 0 aromatic carbocycles. The van der Waals surface area contributed by atoms with Crippen LogP contribution in [0.5, 0.6) is 0 Å². The van der Waals surface area contributed by atoms with Crippen molar-refractivity contribution in [1.82, 2.24) is 14.8 Å². The maximum atomic E-state index is 12.6. The Bertz CT molecular complexity index is 480. The van der Waals surface area contributed by atoms with Crippen LogP contribution in [0.2, 0.25) is 0 Å². The van der Waals surface area contributed by atoms with Gasteiger partial charge in [0.25, 0.3) is 5.91 Å². The molecule has 4 heteroatoms. The molecule has 1 aromatic heterocycles. The quantitative estimate of drug-likeness (QED) is 0.770. The number of amides is 1. The maximum Gasteiger partial charge on any atom is 0.255 e. The van der Waals surface area contributed by atoms with Gasteiger partial charge in [-0.2, -0.15) is 0 Å². The zero-order valence-electron chi connectivity index (χ0n) is 11.6. The summed E-state index contributed by atoms with van der Waals surface area (Å²) in [6, 6.07) is 0. The molecule has 4 nitrogen and oxygen atoms in total. The molecule has 2 aliphatic rings. The van der Waals surface area contributed by atoms with E-state index in [-0.39, 0.29) is 5.91 Å². The van der Waals surface area contributed by atoms with Crippen molar-refractivity contribution >= 4 is 5.91 Å². The predicted octanol–water partition coefficient (Wildman–Crippen LogP) is 1.70. The van der Waals surface area contributed by atoms with Crippen LogP contribution in [0.1, 0.15) is 40.7 Å². The van der Waals surface area contributed by atoms with E-state index in [9.17, 15) is 4.79 Å². The highest BCUT2D eigenvalue weighted by Crippen LogP contribution is 2.23. The van der Waals surface area contributed by atoms with Crippen molar-refractivity contribution < 1.29 is 4.79 Å².